The van der Waals surface area contributed by atoms with Crippen molar-refractivity contribution in [3.8, 4) is 0 Å². The third-order valence-corrected chi connectivity index (χ3v) is 5.45. The summed E-state index contributed by atoms with van der Waals surface area (Å²) in [6.45, 7) is 4.85. The number of hydrogen-bond donors (Lipinski definition) is 1. The maximum absolute atomic E-state index is 14.3. The molecule has 108 valence electrons. The van der Waals surface area contributed by atoms with Gasteiger partial charge in [-0.25, -0.2) is 4.39 Å². The zero-order chi connectivity index (χ0) is 14.7. The van der Waals surface area contributed by atoms with E-state index in [2.05, 4.69) is 44.1 Å². The van der Waals surface area contributed by atoms with Crippen molar-refractivity contribution in [3.05, 3.63) is 54.3 Å². The summed E-state index contributed by atoms with van der Waals surface area (Å²) in [5, 5.41) is 3.43. The zero-order valence-electron chi connectivity index (χ0n) is 11.3. The van der Waals surface area contributed by atoms with E-state index < -0.39 is 0 Å². The lowest BCUT2D eigenvalue weighted by atomic mass is 9.99. The second kappa shape index (κ2) is 7.16. The molecular weight excluding hydrogens is 405 g/mol. The lowest BCUT2D eigenvalue weighted by Gasteiger charge is -2.20. The van der Waals surface area contributed by atoms with Crippen LogP contribution in [0.5, 0.6) is 0 Å². The number of thiophene rings is 1. The Kier molecular flexibility index (Phi) is 5.78. The minimum atomic E-state index is -0.159. The highest BCUT2D eigenvalue weighted by atomic mass is 79.9. The van der Waals surface area contributed by atoms with E-state index in [9.17, 15) is 4.39 Å². The van der Waals surface area contributed by atoms with Gasteiger partial charge in [0, 0.05) is 5.56 Å². The minimum absolute atomic E-state index is 0.132. The van der Waals surface area contributed by atoms with E-state index in [1.165, 1.54) is 0 Å². The molecule has 1 unspecified atom stereocenters. The summed E-state index contributed by atoms with van der Waals surface area (Å²) in [5.41, 5.74) is 2.69. The fourth-order valence-corrected chi connectivity index (χ4v) is 4.99. The topological polar surface area (TPSA) is 12.0 Å². The molecule has 1 atom stereocenters. The summed E-state index contributed by atoms with van der Waals surface area (Å²) >= 11 is 8.67. The van der Waals surface area contributed by atoms with Gasteiger partial charge >= 0.3 is 0 Å². The lowest BCUT2D eigenvalue weighted by molar-refractivity contribution is 0.546. The van der Waals surface area contributed by atoms with Crippen LogP contribution in [0.25, 0.3) is 0 Å². The van der Waals surface area contributed by atoms with Gasteiger partial charge in [0.2, 0.25) is 0 Å². The highest BCUT2D eigenvalue weighted by Crippen LogP contribution is 2.38. The Morgan fingerprint density at radius 1 is 1.25 bits per heavy atom. The van der Waals surface area contributed by atoms with Gasteiger partial charge in [0.05, 0.1) is 13.6 Å². The van der Waals surface area contributed by atoms with E-state index >= 15 is 0 Å². The van der Waals surface area contributed by atoms with E-state index in [0.29, 0.717) is 5.56 Å². The van der Waals surface area contributed by atoms with E-state index in [4.69, 9.17) is 0 Å². The highest BCUT2D eigenvalue weighted by Gasteiger charge is 2.21. The van der Waals surface area contributed by atoms with Crippen LogP contribution in [0.2, 0.25) is 0 Å². The van der Waals surface area contributed by atoms with Gasteiger partial charge in [0.1, 0.15) is 5.82 Å². The SMILES string of the molecule is CCCNC(c1ccc(C)cc1F)c1cc(Br)sc1Br. The average Bonchev–Trinajstić information content (AvgIpc) is 2.71. The van der Waals surface area contributed by atoms with Crippen LogP contribution in [0.3, 0.4) is 0 Å². The molecule has 0 aliphatic carbocycles. The molecule has 0 bridgehead atoms. The lowest BCUT2D eigenvalue weighted by Crippen LogP contribution is -2.24. The largest absolute Gasteiger partial charge is 0.306 e. The van der Waals surface area contributed by atoms with Crippen molar-refractivity contribution in [2.24, 2.45) is 0 Å². The quantitative estimate of drug-likeness (QED) is 0.643. The van der Waals surface area contributed by atoms with Crippen molar-refractivity contribution in [2.45, 2.75) is 26.3 Å². The predicted octanol–water partition coefficient (Wildman–Crippen LogP) is 5.81. The monoisotopic (exact) mass is 419 g/mol. The van der Waals surface area contributed by atoms with Crippen molar-refractivity contribution < 1.29 is 4.39 Å². The van der Waals surface area contributed by atoms with E-state index in [0.717, 1.165) is 31.7 Å². The van der Waals surface area contributed by atoms with Gasteiger partial charge in [-0.2, -0.15) is 0 Å². The molecule has 1 heterocycles. The summed E-state index contributed by atoms with van der Waals surface area (Å²) in [7, 11) is 0. The fourth-order valence-electron chi connectivity index (χ4n) is 2.09. The van der Waals surface area contributed by atoms with Crippen molar-refractivity contribution in [2.75, 3.05) is 6.54 Å². The van der Waals surface area contributed by atoms with Crippen molar-refractivity contribution in [1.29, 1.82) is 0 Å². The predicted molar refractivity (Wildman–Crippen MR) is 91.0 cm³/mol. The molecule has 0 saturated heterocycles. The molecule has 0 aliphatic rings. The van der Waals surface area contributed by atoms with Crippen molar-refractivity contribution in [3.63, 3.8) is 0 Å². The summed E-state index contributed by atoms with van der Waals surface area (Å²) < 4.78 is 16.4. The standard InChI is InChI=1S/C15H16Br2FNS/c1-3-6-19-14(11-8-13(16)20-15(11)17)10-5-4-9(2)7-12(10)18/h4-5,7-8,14,19H,3,6H2,1-2H3. The van der Waals surface area contributed by atoms with Crippen LogP contribution in [0.4, 0.5) is 4.39 Å². The van der Waals surface area contributed by atoms with E-state index in [1.54, 1.807) is 17.4 Å². The first-order valence-corrected chi connectivity index (χ1v) is 8.87. The van der Waals surface area contributed by atoms with Crippen molar-refractivity contribution in [1.82, 2.24) is 5.32 Å². The molecule has 0 spiro atoms. The molecule has 0 fully saturated rings. The molecule has 1 aromatic heterocycles. The van der Waals surface area contributed by atoms with Gasteiger partial charge in [-0.05, 0) is 75.0 Å². The molecule has 0 saturated carbocycles. The molecule has 0 aliphatic heterocycles. The Hall–Kier alpha value is -0.230. The Morgan fingerprint density at radius 3 is 2.55 bits per heavy atom. The molecule has 1 aromatic carbocycles. The molecule has 5 heteroatoms. The maximum atomic E-state index is 14.3. The minimum Gasteiger partial charge on any atom is -0.306 e. The third-order valence-electron chi connectivity index (χ3n) is 3.06. The van der Waals surface area contributed by atoms with Gasteiger partial charge in [-0.3, -0.25) is 0 Å². The number of rotatable bonds is 5. The Labute approximate surface area is 139 Å². The van der Waals surface area contributed by atoms with Gasteiger partial charge in [0.25, 0.3) is 0 Å². The van der Waals surface area contributed by atoms with Gasteiger partial charge in [-0.1, -0.05) is 19.1 Å². The summed E-state index contributed by atoms with van der Waals surface area (Å²) in [6, 6.07) is 7.32. The molecule has 1 N–H and O–H groups in total. The number of halogens is 3. The summed E-state index contributed by atoms with van der Waals surface area (Å²) in [4.78, 5) is 0. The third kappa shape index (κ3) is 3.70. The first-order valence-electron chi connectivity index (χ1n) is 6.47. The normalized spacial score (nSPS) is 12.7. The number of hydrogen-bond acceptors (Lipinski definition) is 2. The molecule has 2 aromatic rings. The van der Waals surface area contributed by atoms with Crippen LogP contribution < -0.4 is 5.32 Å². The average molecular weight is 421 g/mol. The van der Waals surface area contributed by atoms with Gasteiger partial charge < -0.3 is 5.32 Å². The number of benzene rings is 1. The second-order valence-electron chi connectivity index (χ2n) is 4.69. The zero-order valence-corrected chi connectivity index (χ0v) is 15.3. The van der Waals surface area contributed by atoms with Crippen LogP contribution in [0.15, 0.2) is 31.8 Å². The van der Waals surface area contributed by atoms with E-state index in [1.807, 2.05) is 25.1 Å². The Morgan fingerprint density at radius 2 is 2.00 bits per heavy atom. The number of aryl methyl sites for hydroxylation is 1. The smallest absolute Gasteiger partial charge is 0.128 e. The Balaban J connectivity index is 2.44. The first kappa shape index (κ1) is 16.1. The van der Waals surface area contributed by atoms with Crippen LogP contribution in [-0.4, -0.2) is 6.54 Å². The number of nitrogens with one attached hydrogen (secondary N) is 1. The van der Waals surface area contributed by atoms with Crippen LogP contribution in [0, 0.1) is 12.7 Å². The van der Waals surface area contributed by atoms with E-state index in [-0.39, 0.29) is 11.9 Å². The Bertz CT molecular complexity index is 598. The molecule has 20 heavy (non-hydrogen) atoms. The second-order valence-corrected chi connectivity index (χ2v) is 8.44. The highest BCUT2D eigenvalue weighted by molar-refractivity contribution is 9.12. The van der Waals surface area contributed by atoms with Crippen LogP contribution in [0.1, 0.15) is 36.1 Å². The fraction of sp³-hybridized carbons (Fsp3) is 0.333. The van der Waals surface area contributed by atoms with Crippen molar-refractivity contribution >= 4 is 43.2 Å². The van der Waals surface area contributed by atoms with Gasteiger partial charge in [-0.15, -0.1) is 11.3 Å². The molecule has 2 rings (SSSR count). The van der Waals surface area contributed by atoms with Crippen LogP contribution >= 0.6 is 43.2 Å². The maximum Gasteiger partial charge on any atom is 0.128 e. The summed E-state index contributed by atoms with van der Waals surface area (Å²) in [6.07, 6.45) is 1.01. The molecule has 1 nitrogen and oxygen atoms in total. The molecule has 0 amide bonds. The first-order chi connectivity index (χ1) is 9.52. The van der Waals surface area contributed by atoms with Gasteiger partial charge in [0.15, 0.2) is 0 Å². The van der Waals surface area contributed by atoms with Crippen LogP contribution in [-0.2, 0) is 0 Å². The molecular formula is C15H16Br2FNS. The molecule has 0 radical (unpaired) electrons. The summed E-state index contributed by atoms with van der Waals surface area (Å²) in [5.74, 6) is -0.159.